The van der Waals surface area contributed by atoms with Crippen molar-refractivity contribution in [2.24, 2.45) is 0 Å². The first kappa shape index (κ1) is 21.3. The smallest absolute Gasteiger partial charge is 0.258 e. The van der Waals surface area contributed by atoms with E-state index in [1.165, 1.54) is 0 Å². The highest BCUT2D eigenvalue weighted by atomic mass is 16.2. The van der Waals surface area contributed by atoms with Crippen LogP contribution in [0.1, 0.15) is 38.8 Å². The Morgan fingerprint density at radius 3 is 1.87 bits per heavy atom. The monoisotopic (exact) mass is 408 g/mol. The topological polar surface area (TPSA) is 97.0 Å². The number of amides is 2. The number of hydrogen-bond donors (Lipinski definition) is 1. The molecule has 0 bridgehead atoms. The van der Waals surface area contributed by atoms with E-state index in [1.807, 2.05) is 49.4 Å². The van der Waals surface area contributed by atoms with Crippen molar-refractivity contribution in [3.05, 3.63) is 101 Å². The standard InChI is InChI=1S/C25H20N4O2/c1-18(28-24(30)21-11-7-19(15-26)8-12-21)17-29(23-5-3-2-4-6-23)25(31)22-13-9-20(16-27)10-14-22/h2-14,18H,17H2,1H3,(H,28,30). The van der Waals surface area contributed by atoms with Gasteiger partial charge in [-0.05, 0) is 67.6 Å². The number of para-hydroxylation sites is 1. The van der Waals surface area contributed by atoms with Gasteiger partial charge in [-0.15, -0.1) is 0 Å². The minimum Gasteiger partial charge on any atom is -0.348 e. The predicted octanol–water partition coefficient (Wildman–Crippen LogP) is 3.90. The van der Waals surface area contributed by atoms with Gasteiger partial charge in [-0.3, -0.25) is 9.59 Å². The molecule has 0 aliphatic carbocycles. The third kappa shape index (κ3) is 5.35. The van der Waals surface area contributed by atoms with Gasteiger partial charge in [-0.1, -0.05) is 18.2 Å². The number of carbonyl (C=O) groups is 2. The molecular formula is C25H20N4O2. The van der Waals surface area contributed by atoms with Crippen molar-refractivity contribution >= 4 is 17.5 Å². The lowest BCUT2D eigenvalue weighted by atomic mass is 10.1. The fraction of sp³-hybridized carbons (Fsp3) is 0.120. The van der Waals surface area contributed by atoms with Crippen molar-refractivity contribution in [1.29, 1.82) is 10.5 Å². The first-order chi connectivity index (χ1) is 15.0. The van der Waals surface area contributed by atoms with Gasteiger partial charge in [0, 0.05) is 29.4 Å². The number of nitriles is 2. The minimum absolute atomic E-state index is 0.227. The van der Waals surface area contributed by atoms with Gasteiger partial charge in [0.2, 0.25) is 0 Å². The lowest BCUT2D eigenvalue weighted by molar-refractivity contribution is 0.0928. The number of nitrogens with zero attached hydrogens (tertiary/aromatic N) is 3. The molecule has 31 heavy (non-hydrogen) atoms. The average Bonchev–Trinajstić information content (AvgIpc) is 2.82. The Kier molecular flexibility index (Phi) is 6.78. The van der Waals surface area contributed by atoms with E-state index in [1.54, 1.807) is 53.4 Å². The number of carbonyl (C=O) groups excluding carboxylic acids is 2. The summed E-state index contributed by atoms with van der Waals surface area (Å²) in [4.78, 5) is 27.4. The van der Waals surface area contributed by atoms with E-state index >= 15 is 0 Å². The summed E-state index contributed by atoms with van der Waals surface area (Å²) in [5.41, 5.74) is 2.55. The van der Waals surface area contributed by atoms with Crippen LogP contribution >= 0.6 is 0 Å². The number of benzene rings is 3. The van der Waals surface area contributed by atoms with Crippen LogP contribution in [0.4, 0.5) is 5.69 Å². The van der Waals surface area contributed by atoms with E-state index in [0.29, 0.717) is 27.9 Å². The summed E-state index contributed by atoms with van der Waals surface area (Å²) in [6, 6.07) is 25.7. The molecule has 0 aliphatic rings. The highest BCUT2D eigenvalue weighted by Crippen LogP contribution is 2.18. The summed E-state index contributed by atoms with van der Waals surface area (Å²) in [7, 11) is 0. The quantitative estimate of drug-likeness (QED) is 0.669. The highest BCUT2D eigenvalue weighted by Gasteiger charge is 2.21. The maximum atomic E-state index is 13.2. The van der Waals surface area contributed by atoms with Gasteiger partial charge in [-0.2, -0.15) is 10.5 Å². The average molecular weight is 408 g/mol. The molecule has 0 aromatic heterocycles. The van der Waals surface area contributed by atoms with Gasteiger partial charge >= 0.3 is 0 Å². The zero-order valence-corrected chi connectivity index (χ0v) is 16.9. The van der Waals surface area contributed by atoms with E-state index in [-0.39, 0.29) is 24.4 Å². The van der Waals surface area contributed by atoms with Crippen molar-refractivity contribution in [2.75, 3.05) is 11.4 Å². The van der Waals surface area contributed by atoms with E-state index in [9.17, 15) is 9.59 Å². The Morgan fingerprint density at radius 2 is 1.35 bits per heavy atom. The highest BCUT2D eigenvalue weighted by molar-refractivity contribution is 6.06. The van der Waals surface area contributed by atoms with Gasteiger partial charge in [0.05, 0.1) is 23.3 Å². The first-order valence-electron chi connectivity index (χ1n) is 9.70. The maximum Gasteiger partial charge on any atom is 0.258 e. The van der Waals surface area contributed by atoms with Crippen LogP contribution in [0.5, 0.6) is 0 Å². The Balaban J connectivity index is 1.77. The Labute approximate surface area is 181 Å². The van der Waals surface area contributed by atoms with Crippen LogP contribution < -0.4 is 10.2 Å². The fourth-order valence-corrected chi connectivity index (χ4v) is 3.08. The zero-order valence-electron chi connectivity index (χ0n) is 16.9. The molecule has 0 saturated carbocycles. The third-order valence-electron chi connectivity index (χ3n) is 4.68. The molecule has 1 atom stereocenters. The second-order valence-electron chi connectivity index (χ2n) is 7.00. The molecule has 0 spiro atoms. The molecule has 1 unspecified atom stereocenters. The third-order valence-corrected chi connectivity index (χ3v) is 4.68. The number of anilines is 1. The van der Waals surface area contributed by atoms with Crippen molar-refractivity contribution in [2.45, 2.75) is 13.0 Å². The van der Waals surface area contributed by atoms with Crippen LogP contribution in [0.15, 0.2) is 78.9 Å². The van der Waals surface area contributed by atoms with E-state index < -0.39 is 0 Å². The SMILES string of the molecule is CC(CN(C(=O)c1ccc(C#N)cc1)c1ccccc1)NC(=O)c1ccc(C#N)cc1. The Hall–Kier alpha value is -4.42. The van der Waals surface area contributed by atoms with Crippen molar-refractivity contribution in [1.82, 2.24) is 5.32 Å². The minimum atomic E-state index is -0.342. The molecule has 0 fully saturated rings. The fourth-order valence-electron chi connectivity index (χ4n) is 3.08. The largest absolute Gasteiger partial charge is 0.348 e. The van der Waals surface area contributed by atoms with Crippen molar-refractivity contribution in [3.63, 3.8) is 0 Å². The summed E-state index contributed by atoms with van der Waals surface area (Å²) >= 11 is 0. The van der Waals surface area contributed by atoms with Crippen LogP contribution in [-0.4, -0.2) is 24.4 Å². The number of rotatable bonds is 6. The Morgan fingerprint density at radius 1 is 0.839 bits per heavy atom. The molecule has 2 amide bonds. The summed E-state index contributed by atoms with van der Waals surface area (Å²) in [5.74, 6) is -0.508. The van der Waals surface area contributed by atoms with Gasteiger partial charge in [0.15, 0.2) is 0 Å². The van der Waals surface area contributed by atoms with Crippen LogP contribution in [0, 0.1) is 22.7 Å². The Bertz CT molecular complexity index is 1140. The maximum absolute atomic E-state index is 13.2. The molecule has 3 rings (SSSR count). The van der Waals surface area contributed by atoms with Gasteiger partial charge in [-0.25, -0.2) is 0 Å². The summed E-state index contributed by atoms with van der Waals surface area (Å²) in [5, 5.41) is 20.8. The van der Waals surface area contributed by atoms with Gasteiger partial charge < -0.3 is 10.2 Å². The van der Waals surface area contributed by atoms with Gasteiger partial charge in [0.25, 0.3) is 11.8 Å². The zero-order chi connectivity index (χ0) is 22.2. The van der Waals surface area contributed by atoms with Crippen LogP contribution in [-0.2, 0) is 0 Å². The van der Waals surface area contributed by atoms with Crippen LogP contribution in [0.2, 0.25) is 0 Å². The van der Waals surface area contributed by atoms with Gasteiger partial charge in [0.1, 0.15) is 0 Å². The molecule has 1 N–H and O–H groups in total. The summed E-state index contributed by atoms with van der Waals surface area (Å²) < 4.78 is 0. The molecule has 0 radical (unpaired) electrons. The molecule has 3 aromatic rings. The summed E-state index contributed by atoms with van der Waals surface area (Å²) in [6.45, 7) is 2.08. The molecule has 6 nitrogen and oxygen atoms in total. The van der Waals surface area contributed by atoms with Crippen molar-refractivity contribution in [3.8, 4) is 12.1 Å². The van der Waals surface area contributed by atoms with Crippen LogP contribution in [0.25, 0.3) is 0 Å². The lowest BCUT2D eigenvalue weighted by Crippen LogP contribution is -2.44. The lowest BCUT2D eigenvalue weighted by Gasteiger charge is -2.27. The first-order valence-corrected chi connectivity index (χ1v) is 9.70. The molecule has 0 saturated heterocycles. The molecule has 0 aliphatic heterocycles. The van der Waals surface area contributed by atoms with Crippen LogP contribution in [0.3, 0.4) is 0 Å². The predicted molar refractivity (Wildman–Crippen MR) is 117 cm³/mol. The van der Waals surface area contributed by atoms with E-state index in [2.05, 4.69) is 5.32 Å². The number of nitrogens with one attached hydrogen (secondary N) is 1. The summed E-state index contributed by atoms with van der Waals surface area (Å²) in [6.07, 6.45) is 0. The van der Waals surface area contributed by atoms with E-state index in [4.69, 9.17) is 10.5 Å². The molecule has 152 valence electrons. The van der Waals surface area contributed by atoms with Crippen molar-refractivity contribution < 1.29 is 9.59 Å². The normalized spacial score (nSPS) is 10.9. The molecule has 3 aromatic carbocycles. The second-order valence-corrected chi connectivity index (χ2v) is 7.00. The molecule has 0 heterocycles. The second kappa shape index (κ2) is 9.87. The van der Waals surface area contributed by atoms with E-state index in [0.717, 1.165) is 0 Å². The molecule has 6 heteroatoms. The number of hydrogen-bond acceptors (Lipinski definition) is 4. The molecular weight excluding hydrogens is 388 g/mol.